The lowest BCUT2D eigenvalue weighted by atomic mass is 9.90. The summed E-state index contributed by atoms with van der Waals surface area (Å²) in [5, 5.41) is 0. The van der Waals surface area contributed by atoms with Crippen molar-refractivity contribution in [3.05, 3.63) is 24.9 Å². The molecule has 1 rings (SSSR count). The molecule has 1 aliphatic rings. The lowest BCUT2D eigenvalue weighted by Gasteiger charge is -2.34. The lowest BCUT2D eigenvalue weighted by molar-refractivity contribution is 0.352. The Labute approximate surface area is 70.2 Å². The molecule has 1 saturated heterocycles. The van der Waals surface area contributed by atoms with Gasteiger partial charge < -0.3 is 4.81 Å². The Morgan fingerprint density at radius 1 is 1.73 bits per heavy atom. The molecule has 0 amide bonds. The zero-order chi connectivity index (χ0) is 8.27. The molecule has 1 nitrogen and oxygen atoms in total. The third-order valence-electron chi connectivity index (χ3n) is 2.24. The summed E-state index contributed by atoms with van der Waals surface area (Å²) in [6.07, 6.45) is 5.33. The first kappa shape index (κ1) is 8.44. The maximum atomic E-state index is 5.70. The van der Waals surface area contributed by atoms with Gasteiger partial charge in [-0.25, -0.2) is 0 Å². The predicted molar refractivity (Wildman–Crippen MR) is 49.1 cm³/mol. The van der Waals surface area contributed by atoms with Gasteiger partial charge in [-0.3, -0.25) is 0 Å². The highest BCUT2D eigenvalue weighted by molar-refractivity contribution is 6.05. The minimum Gasteiger partial charge on any atom is -0.428 e. The van der Waals surface area contributed by atoms with Crippen molar-refractivity contribution in [1.82, 2.24) is 4.81 Å². The average molecular weight is 147 g/mol. The minimum absolute atomic E-state index is 0.534. The standard InChI is InChI=1S/C9H14BN/c1-3-5-9-6-4-7-11(10)8(9)2/h3,9H,1-2,4-7H2. The van der Waals surface area contributed by atoms with Gasteiger partial charge in [0.25, 0.3) is 0 Å². The van der Waals surface area contributed by atoms with Gasteiger partial charge in [-0.1, -0.05) is 12.7 Å². The predicted octanol–water partition coefficient (Wildman–Crippen LogP) is 1.87. The van der Waals surface area contributed by atoms with Crippen LogP contribution in [0, 0.1) is 5.92 Å². The fourth-order valence-corrected chi connectivity index (χ4v) is 1.51. The topological polar surface area (TPSA) is 3.24 Å². The normalized spacial score (nSPS) is 25.3. The SMILES string of the molecule is [B]N1CCCC(CC=C)C1=C. The zero-order valence-corrected chi connectivity index (χ0v) is 6.92. The largest absolute Gasteiger partial charge is 0.428 e. The minimum atomic E-state index is 0.534. The number of piperidine rings is 1. The van der Waals surface area contributed by atoms with Crippen molar-refractivity contribution in [1.29, 1.82) is 0 Å². The molecule has 0 N–H and O–H groups in total. The molecular formula is C9H14BN. The fourth-order valence-electron chi connectivity index (χ4n) is 1.51. The van der Waals surface area contributed by atoms with Gasteiger partial charge in [0.05, 0.1) is 0 Å². The highest BCUT2D eigenvalue weighted by Gasteiger charge is 2.18. The molecule has 0 saturated carbocycles. The number of hydrogen-bond donors (Lipinski definition) is 0. The maximum absolute atomic E-state index is 5.70. The van der Waals surface area contributed by atoms with Crippen LogP contribution < -0.4 is 0 Å². The highest BCUT2D eigenvalue weighted by Crippen LogP contribution is 2.26. The zero-order valence-electron chi connectivity index (χ0n) is 6.92. The first-order valence-electron chi connectivity index (χ1n) is 4.07. The summed E-state index contributed by atoms with van der Waals surface area (Å²) >= 11 is 0. The second-order valence-corrected chi connectivity index (χ2v) is 3.05. The van der Waals surface area contributed by atoms with Gasteiger partial charge in [0.15, 0.2) is 0 Å². The Bertz CT molecular complexity index is 165. The third kappa shape index (κ3) is 1.89. The van der Waals surface area contributed by atoms with Crippen LogP contribution in [0.4, 0.5) is 0 Å². The Balaban J connectivity index is 2.51. The van der Waals surface area contributed by atoms with Gasteiger partial charge >= 0.3 is 0 Å². The van der Waals surface area contributed by atoms with Gasteiger partial charge in [0.1, 0.15) is 0 Å². The summed E-state index contributed by atoms with van der Waals surface area (Å²) in [5.41, 5.74) is 1.07. The molecule has 0 aromatic heterocycles. The Kier molecular flexibility index (Phi) is 2.80. The Morgan fingerprint density at radius 2 is 2.45 bits per heavy atom. The van der Waals surface area contributed by atoms with Crippen LogP contribution in [0.1, 0.15) is 19.3 Å². The number of rotatable bonds is 2. The first-order valence-corrected chi connectivity index (χ1v) is 4.07. The number of allylic oxidation sites excluding steroid dienone is 2. The van der Waals surface area contributed by atoms with Crippen molar-refractivity contribution in [2.24, 2.45) is 5.92 Å². The molecule has 2 heteroatoms. The van der Waals surface area contributed by atoms with Crippen LogP contribution in [0.15, 0.2) is 24.9 Å². The average Bonchev–Trinajstić information content (AvgIpc) is 1.99. The molecule has 0 bridgehead atoms. The van der Waals surface area contributed by atoms with E-state index in [1.807, 2.05) is 6.08 Å². The number of nitrogens with zero attached hydrogens (tertiary/aromatic N) is 1. The van der Waals surface area contributed by atoms with Gasteiger partial charge in [-0.15, -0.1) is 6.58 Å². The highest BCUT2D eigenvalue weighted by atomic mass is 15.0. The lowest BCUT2D eigenvalue weighted by Crippen LogP contribution is -2.30. The number of hydrogen-bond acceptors (Lipinski definition) is 1. The third-order valence-corrected chi connectivity index (χ3v) is 2.24. The Hall–Kier alpha value is -0.655. The molecule has 1 fully saturated rings. The van der Waals surface area contributed by atoms with Gasteiger partial charge in [-0.05, 0) is 25.0 Å². The summed E-state index contributed by atoms with van der Waals surface area (Å²) in [6, 6.07) is 0. The van der Waals surface area contributed by atoms with Crippen molar-refractivity contribution in [2.45, 2.75) is 19.3 Å². The quantitative estimate of drug-likeness (QED) is 0.425. The maximum Gasteiger partial charge on any atom is 0.226 e. The van der Waals surface area contributed by atoms with E-state index in [1.54, 1.807) is 4.81 Å². The van der Waals surface area contributed by atoms with Crippen LogP contribution in [0.5, 0.6) is 0 Å². The van der Waals surface area contributed by atoms with Gasteiger partial charge in [0.2, 0.25) is 7.98 Å². The van der Waals surface area contributed by atoms with Crippen LogP contribution in [0.2, 0.25) is 0 Å². The summed E-state index contributed by atoms with van der Waals surface area (Å²) in [7, 11) is 5.70. The van der Waals surface area contributed by atoms with E-state index in [1.165, 1.54) is 12.8 Å². The van der Waals surface area contributed by atoms with Crippen LogP contribution in [0.25, 0.3) is 0 Å². The fraction of sp³-hybridized carbons (Fsp3) is 0.556. The molecule has 2 radical (unpaired) electrons. The van der Waals surface area contributed by atoms with Crippen molar-refractivity contribution in [3.8, 4) is 0 Å². The van der Waals surface area contributed by atoms with E-state index >= 15 is 0 Å². The van der Waals surface area contributed by atoms with Gasteiger partial charge in [0, 0.05) is 12.5 Å². The second-order valence-electron chi connectivity index (χ2n) is 3.05. The van der Waals surface area contributed by atoms with E-state index in [0.717, 1.165) is 18.7 Å². The summed E-state index contributed by atoms with van der Waals surface area (Å²) in [6.45, 7) is 8.61. The molecule has 0 aromatic carbocycles. The molecule has 0 aliphatic carbocycles. The van der Waals surface area contributed by atoms with Crippen molar-refractivity contribution in [2.75, 3.05) is 6.54 Å². The molecule has 1 heterocycles. The second kappa shape index (κ2) is 3.65. The van der Waals surface area contributed by atoms with E-state index in [-0.39, 0.29) is 0 Å². The van der Waals surface area contributed by atoms with E-state index in [9.17, 15) is 0 Å². The van der Waals surface area contributed by atoms with Crippen LogP contribution >= 0.6 is 0 Å². The molecule has 1 unspecified atom stereocenters. The molecule has 58 valence electrons. The van der Waals surface area contributed by atoms with Crippen LogP contribution in [0.3, 0.4) is 0 Å². The smallest absolute Gasteiger partial charge is 0.226 e. The van der Waals surface area contributed by atoms with E-state index < -0.39 is 0 Å². The van der Waals surface area contributed by atoms with Crippen molar-refractivity contribution < 1.29 is 0 Å². The van der Waals surface area contributed by atoms with Crippen molar-refractivity contribution >= 4 is 7.98 Å². The summed E-state index contributed by atoms with van der Waals surface area (Å²) < 4.78 is 0. The molecule has 1 aliphatic heterocycles. The monoisotopic (exact) mass is 147 g/mol. The van der Waals surface area contributed by atoms with Crippen molar-refractivity contribution in [3.63, 3.8) is 0 Å². The summed E-state index contributed by atoms with van der Waals surface area (Å²) in [5.74, 6) is 0.534. The molecule has 11 heavy (non-hydrogen) atoms. The Morgan fingerprint density at radius 3 is 3.09 bits per heavy atom. The van der Waals surface area contributed by atoms with E-state index in [4.69, 9.17) is 7.98 Å². The van der Waals surface area contributed by atoms with Gasteiger partial charge in [-0.2, -0.15) is 0 Å². The molecular weight excluding hydrogens is 133 g/mol. The molecule has 0 aromatic rings. The first-order chi connectivity index (χ1) is 5.25. The molecule has 1 atom stereocenters. The summed E-state index contributed by atoms with van der Waals surface area (Å²) in [4.78, 5) is 1.76. The van der Waals surface area contributed by atoms with Crippen LogP contribution in [-0.2, 0) is 0 Å². The van der Waals surface area contributed by atoms with E-state index in [0.29, 0.717) is 5.92 Å². The molecule has 0 spiro atoms. The van der Waals surface area contributed by atoms with Crippen LogP contribution in [-0.4, -0.2) is 19.3 Å². The van der Waals surface area contributed by atoms with E-state index in [2.05, 4.69) is 13.2 Å².